The number of pyridine rings is 1. The summed E-state index contributed by atoms with van der Waals surface area (Å²) < 4.78 is 28.1. The molecular formula is C25H25N4O4S2-. The van der Waals surface area contributed by atoms with Gasteiger partial charge >= 0.3 is 0 Å². The second-order valence-corrected chi connectivity index (χ2v) is 10.9. The number of carbonyl (C=O) groups excluding carboxylic acids is 1. The number of imidazole rings is 1. The molecule has 0 spiro atoms. The van der Waals surface area contributed by atoms with Crippen LogP contribution in [0.2, 0.25) is 0 Å². The Labute approximate surface area is 208 Å². The van der Waals surface area contributed by atoms with E-state index < -0.39 is 16.1 Å². The van der Waals surface area contributed by atoms with Crippen LogP contribution in [0.15, 0.2) is 64.6 Å². The molecule has 4 aromatic rings. The maximum Gasteiger partial charge on any atom is 0.265 e. The van der Waals surface area contributed by atoms with Crippen LogP contribution in [0.25, 0.3) is 16.9 Å². The number of nitrogens with zero attached hydrogens (tertiary/aromatic N) is 4. The number of aromatic nitrogens is 3. The Morgan fingerprint density at radius 1 is 1.03 bits per heavy atom. The molecule has 0 radical (unpaired) electrons. The number of hydrogen-bond acceptors (Lipinski definition) is 7. The largest absolute Gasteiger partial charge is 0.529 e. The highest BCUT2D eigenvalue weighted by atomic mass is 32.2. The SMILES string of the molecule is CSc1nc2c(C)cc(C)nc2n1-c1ccc(CCN(C(=O)[O-])S(=O)(=O)c2ccc(C)cc2)cc1. The van der Waals surface area contributed by atoms with Gasteiger partial charge in [0.2, 0.25) is 0 Å². The van der Waals surface area contributed by atoms with E-state index in [4.69, 9.17) is 4.98 Å². The molecule has 35 heavy (non-hydrogen) atoms. The summed E-state index contributed by atoms with van der Waals surface area (Å²) in [6.45, 7) is 5.53. The number of hydrogen-bond donors (Lipinski definition) is 0. The first-order valence-electron chi connectivity index (χ1n) is 10.9. The zero-order valence-electron chi connectivity index (χ0n) is 19.8. The fourth-order valence-corrected chi connectivity index (χ4v) is 5.72. The molecule has 0 unspecified atom stereocenters. The third kappa shape index (κ3) is 4.89. The van der Waals surface area contributed by atoms with Crippen LogP contribution in [-0.4, -0.2) is 46.2 Å². The second kappa shape index (κ2) is 9.71. The molecule has 10 heteroatoms. The fourth-order valence-electron chi connectivity index (χ4n) is 3.90. The second-order valence-electron chi connectivity index (χ2n) is 8.26. The Morgan fingerprint density at radius 3 is 2.29 bits per heavy atom. The molecule has 0 saturated carbocycles. The van der Waals surface area contributed by atoms with Crippen molar-refractivity contribution in [3.63, 3.8) is 0 Å². The van der Waals surface area contributed by atoms with Crippen molar-refractivity contribution >= 4 is 39.0 Å². The number of carboxylic acid groups (broad SMARTS) is 1. The third-order valence-electron chi connectivity index (χ3n) is 5.70. The van der Waals surface area contributed by atoms with E-state index in [9.17, 15) is 18.3 Å². The normalized spacial score (nSPS) is 11.7. The van der Waals surface area contributed by atoms with Crippen molar-refractivity contribution in [3.8, 4) is 5.69 Å². The summed E-state index contributed by atoms with van der Waals surface area (Å²) in [6.07, 6.45) is 0.404. The summed E-state index contributed by atoms with van der Waals surface area (Å²) in [5.74, 6) is 0. The van der Waals surface area contributed by atoms with Gasteiger partial charge in [-0.25, -0.2) is 18.4 Å². The Balaban J connectivity index is 1.59. The predicted molar refractivity (Wildman–Crippen MR) is 134 cm³/mol. The first-order valence-corrected chi connectivity index (χ1v) is 13.6. The molecule has 1 amide bonds. The number of amides is 1. The van der Waals surface area contributed by atoms with Crippen LogP contribution in [0.1, 0.15) is 22.4 Å². The van der Waals surface area contributed by atoms with Gasteiger partial charge in [0.1, 0.15) is 5.52 Å². The third-order valence-corrected chi connectivity index (χ3v) is 8.12. The first kappa shape index (κ1) is 24.7. The van der Waals surface area contributed by atoms with Crippen LogP contribution in [0.4, 0.5) is 4.79 Å². The number of fused-ring (bicyclic) bond motifs is 1. The van der Waals surface area contributed by atoms with E-state index in [0.717, 1.165) is 44.4 Å². The Hall–Kier alpha value is -3.37. The van der Waals surface area contributed by atoms with E-state index in [1.165, 1.54) is 23.9 Å². The number of aryl methyl sites for hydroxylation is 3. The molecule has 0 aliphatic heterocycles. The molecule has 0 aliphatic rings. The molecule has 0 atom stereocenters. The molecule has 2 heterocycles. The minimum Gasteiger partial charge on any atom is -0.529 e. The van der Waals surface area contributed by atoms with Crippen molar-refractivity contribution in [2.24, 2.45) is 0 Å². The van der Waals surface area contributed by atoms with Gasteiger partial charge in [0.05, 0.1) is 4.90 Å². The number of carbonyl (C=O) groups is 1. The Morgan fingerprint density at radius 2 is 1.69 bits per heavy atom. The van der Waals surface area contributed by atoms with Gasteiger partial charge in [-0.1, -0.05) is 41.6 Å². The average Bonchev–Trinajstić information content (AvgIpc) is 3.18. The van der Waals surface area contributed by atoms with Crippen LogP contribution in [-0.2, 0) is 16.4 Å². The highest BCUT2D eigenvalue weighted by Crippen LogP contribution is 2.28. The zero-order chi connectivity index (χ0) is 25.3. The summed E-state index contributed by atoms with van der Waals surface area (Å²) in [5.41, 5.74) is 6.09. The van der Waals surface area contributed by atoms with Gasteiger partial charge in [0, 0.05) is 17.9 Å². The lowest BCUT2D eigenvalue weighted by molar-refractivity contribution is -0.259. The maximum atomic E-state index is 12.9. The Kier molecular flexibility index (Phi) is 6.86. The molecule has 0 fully saturated rings. The standard InChI is InChI=1S/C25H26N4O4S2/c1-16-5-11-21(12-6-16)35(32,33)28(25(30)31)14-13-19-7-9-20(10-8-19)29-23-22(27-24(29)34-4)17(2)15-18(3)26-23/h5-12,15H,13-14H2,1-4H3,(H,30,31)/p-1. The fraction of sp³-hybridized carbons (Fsp3) is 0.240. The highest BCUT2D eigenvalue weighted by Gasteiger charge is 2.24. The number of rotatable bonds is 7. The van der Waals surface area contributed by atoms with Gasteiger partial charge in [0.15, 0.2) is 16.9 Å². The van der Waals surface area contributed by atoms with Gasteiger partial charge < -0.3 is 9.90 Å². The van der Waals surface area contributed by atoms with E-state index in [0.29, 0.717) is 4.31 Å². The smallest absolute Gasteiger partial charge is 0.265 e. The molecule has 0 N–H and O–H groups in total. The predicted octanol–water partition coefficient (Wildman–Crippen LogP) is 3.64. The van der Waals surface area contributed by atoms with Crippen LogP contribution in [0, 0.1) is 20.8 Å². The van der Waals surface area contributed by atoms with Crippen LogP contribution >= 0.6 is 11.8 Å². The van der Waals surface area contributed by atoms with Crippen LogP contribution in [0.3, 0.4) is 0 Å². The molecule has 0 bridgehead atoms. The van der Waals surface area contributed by atoms with Gasteiger partial charge in [0.25, 0.3) is 10.0 Å². The van der Waals surface area contributed by atoms with Gasteiger partial charge in [-0.15, -0.1) is 0 Å². The summed E-state index contributed by atoms with van der Waals surface area (Å²) >= 11 is 1.52. The van der Waals surface area contributed by atoms with Crippen molar-refractivity contribution in [2.75, 3.05) is 12.8 Å². The van der Waals surface area contributed by atoms with E-state index in [1.54, 1.807) is 12.1 Å². The van der Waals surface area contributed by atoms with Crippen LogP contribution in [0.5, 0.6) is 0 Å². The molecule has 182 valence electrons. The molecule has 0 saturated heterocycles. The molecule has 2 aromatic heterocycles. The number of thioether (sulfide) groups is 1. The number of sulfonamides is 1. The van der Waals surface area contributed by atoms with Crippen LogP contribution < -0.4 is 5.11 Å². The summed E-state index contributed by atoms with van der Waals surface area (Å²) in [7, 11) is -4.22. The van der Waals surface area contributed by atoms with E-state index in [1.807, 2.05) is 61.9 Å². The van der Waals surface area contributed by atoms with E-state index in [2.05, 4.69) is 4.98 Å². The summed E-state index contributed by atoms with van der Waals surface area (Å²) in [4.78, 5) is 21.0. The first-order chi connectivity index (χ1) is 16.6. The lowest BCUT2D eigenvalue weighted by Gasteiger charge is -2.24. The maximum absolute atomic E-state index is 12.9. The zero-order valence-corrected chi connectivity index (χ0v) is 21.5. The molecule has 2 aromatic carbocycles. The van der Waals surface area contributed by atoms with Gasteiger partial charge in [-0.3, -0.25) is 8.87 Å². The summed E-state index contributed by atoms with van der Waals surface area (Å²) in [6, 6.07) is 15.5. The van der Waals surface area contributed by atoms with Crippen molar-refractivity contribution in [1.82, 2.24) is 18.8 Å². The van der Waals surface area contributed by atoms with Crippen molar-refractivity contribution in [3.05, 3.63) is 77.0 Å². The summed E-state index contributed by atoms with van der Waals surface area (Å²) in [5, 5.41) is 12.5. The van der Waals surface area contributed by atoms with E-state index in [-0.39, 0.29) is 17.9 Å². The lowest BCUT2D eigenvalue weighted by atomic mass is 10.1. The lowest BCUT2D eigenvalue weighted by Crippen LogP contribution is -2.45. The molecule has 0 aliphatic carbocycles. The topological polar surface area (TPSA) is 108 Å². The van der Waals surface area contributed by atoms with Gasteiger partial charge in [-0.2, -0.15) is 0 Å². The minimum atomic E-state index is -4.22. The van der Waals surface area contributed by atoms with Crippen molar-refractivity contribution in [2.45, 2.75) is 37.2 Å². The minimum absolute atomic E-state index is 0.0858. The monoisotopic (exact) mass is 509 g/mol. The van der Waals surface area contributed by atoms with Crippen molar-refractivity contribution in [1.29, 1.82) is 0 Å². The molecular weight excluding hydrogens is 484 g/mol. The average molecular weight is 510 g/mol. The number of benzene rings is 2. The van der Waals surface area contributed by atoms with Gasteiger partial charge in [-0.05, 0) is 74.9 Å². The Bertz CT molecular complexity index is 1500. The molecule has 8 nitrogen and oxygen atoms in total. The quantitative estimate of drug-likeness (QED) is 0.350. The highest BCUT2D eigenvalue weighted by molar-refractivity contribution is 7.98. The van der Waals surface area contributed by atoms with E-state index >= 15 is 0 Å². The van der Waals surface area contributed by atoms with Crippen molar-refractivity contribution < 1.29 is 18.3 Å². The molecule has 4 rings (SSSR count).